The number of aromatic nitrogens is 4. The maximum Gasteiger partial charge on any atom is 0.416 e. The molecule has 0 aliphatic rings. The van der Waals surface area contributed by atoms with Gasteiger partial charge in [0.25, 0.3) is 0 Å². The Morgan fingerprint density at radius 1 is 1.07 bits per heavy atom. The van der Waals surface area contributed by atoms with Crippen LogP contribution in [0.1, 0.15) is 5.56 Å². The maximum atomic E-state index is 12.9. The Balaban J connectivity index is 1.90. The molecule has 0 fully saturated rings. The molecule has 0 aliphatic carbocycles. The average Bonchev–Trinajstić information content (AvgIpc) is 3.23. The summed E-state index contributed by atoms with van der Waals surface area (Å²) >= 11 is 0. The molecule has 0 amide bonds. The number of sulfonamides is 1. The van der Waals surface area contributed by atoms with Crippen molar-refractivity contribution in [1.29, 1.82) is 0 Å². The molecule has 4 rings (SSSR count). The molecular weight excluding hydrogens is 419 g/mol. The van der Waals surface area contributed by atoms with Crippen LogP contribution in [-0.4, -0.2) is 34.0 Å². The zero-order valence-corrected chi connectivity index (χ0v) is 16.7. The van der Waals surface area contributed by atoms with Crippen molar-refractivity contribution in [2.75, 3.05) is 11.0 Å². The van der Waals surface area contributed by atoms with Gasteiger partial charge in [-0.1, -0.05) is 0 Å². The van der Waals surface area contributed by atoms with E-state index in [0.29, 0.717) is 33.7 Å². The van der Waals surface area contributed by atoms with Gasteiger partial charge in [0.1, 0.15) is 11.4 Å². The number of alkyl halides is 3. The van der Waals surface area contributed by atoms with Crippen LogP contribution in [0.15, 0.2) is 55.0 Å². The van der Waals surface area contributed by atoms with Crippen molar-refractivity contribution in [2.45, 2.75) is 6.18 Å². The van der Waals surface area contributed by atoms with Crippen LogP contribution < -0.4 is 4.72 Å². The lowest BCUT2D eigenvalue weighted by Gasteiger charge is -2.09. The number of imidazole rings is 1. The highest BCUT2D eigenvalue weighted by Crippen LogP contribution is 2.33. The fourth-order valence-electron chi connectivity index (χ4n) is 3.11. The number of nitrogens with zero attached hydrogens (tertiary/aromatic N) is 4. The quantitative estimate of drug-likeness (QED) is 0.529. The standard InChI is InChI=1S/C19H16F3N5O2S/c1-26-10-16(23-11-26)18-15-9-13(25-30(2,28)29)5-8-17(15)27(24-18)14-6-3-12(4-7-14)19(20,21)22/h3-11,25H,1-2H3. The van der Waals surface area contributed by atoms with Crippen LogP contribution in [0.25, 0.3) is 28.0 Å². The lowest BCUT2D eigenvalue weighted by Crippen LogP contribution is -2.09. The minimum absolute atomic E-state index is 0.342. The first-order chi connectivity index (χ1) is 14.0. The molecule has 2 aromatic heterocycles. The van der Waals surface area contributed by atoms with Crippen LogP contribution >= 0.6 is 0 Å². The van der Waals surface area contributed by atoms with Crippen molar-refractivity contribution >= 4 is 26.6 Å². The zero-order chi connectivity index (χ0) is 21.7. The number of aryl methyl sites for hydroxylation is 1. The van der Waals surface area contributed by atoms with Gasteiger partial charge in [-0.2, -0.15) is 18.3 Å². The van der Waals surface area contributed by atoms with E-state index in [1.165, 1.54) is 16.8 Å². The van der Waals surface area contributed by atoms with Crippen LogP contribution in [0.3, 0.4) is 0 Å². The monoisotopic (exact) mass is 435 g/mol. The van der Waals surface area contributed by atoms with E-state index < -0.39 is 21.8 Å². The topological polar surface area (TPSA) is 81.8 Å². The minimum Gasteiger partial charge on any atom is -0.340 e. The average molecular weight is 435 g/mol. The molecular formula is C19H16F3N5O2S. The summed E-state index contributed by atoms with van der Waals surface area (Å²) in [4.78, 5) is 4.29. The molecule has 0 saturated carbocycles. The maximum absolute atomic E-state index is 12.9. The summed E-state index contributed by atoms with van der Waals surface area (Å²) in [7, 11) is -1.69. The van der Waals surface area contributed by atoms with E-state index in [2.05, 4.69) is 14.8 Å². The van der Waals surface area contributed by atoms with E-state index in [1.54, 1.807) is 42.3 Å². The smallest absolute Gasteiger partial charge is 0.340 e. The number of rotatable bonds is 4. The lowest BCUT2D eigenvalue weighted by molar-refractivity contribution is -0.137. The lowest BCUT2D eigenvalue weighted by atomic mass is 10.1. The van der Waals surface area contributed by atoms with E-state index >= 15 is 0 Å². The number of hydrogen-bond donors (Lipinski definition) is 1. The molecule has 0 atom stereocenters. The Labute approximate surface area is 169 Å². The second kappa shape index (κ2) is 6.87. The molecule has 2 heterocycles. The van der Waals surface area contributed by atoms with E-state index in [-0.39, 0.29) is 0 Å². The van der Waals surface area contributed by atoms with Crippen molar-refractivity contribution in [2.24, 2.45) is 7.05 Å². The third kappa shape index (κ3) is 3.88. The highest BCUT2D eigenvalue weighted by Gasteiger charge is 2.30. The first kappa shape index (κ1) is 20.0. The highest BCUT2D eigenvalue weighted by atomic mass is 32.2. The number of hydrogen-bond acceptors (Lipinski definition) is 4. The highest BCUT2D eigenvalue weighted by molar-refractivity contribution is 7.92. The minimum atomic E-state index is -4.43. The van der Waals surface area contributed by atoms with Gasteiger partial charge in [0.15, 0.2) is 0 Å². The normalized spacial score (nSPS) is 12.4. The van der Waals surface area contributed by atoms with E-state index in [1.807, 2.05) is 0 Å². The first-order valence-corrected chi connectivity index (χ1v) is 10.6. The predicted octanol–water partition coefficient (Wildman–Crippen LogP) is 3.82. The number of nitrogens with one attached hydrogen (secondary N) is 1. The van der Waals surface area contributed by atoms with Gasteiger partial charge in [0.2, 0.25) is 10.0 Å². The summed E-state index contributed by atoms with van der Waals surface area (Å²) in [5.74, 6) is 0. The van der Waals surface area contributed by atoms with Crippen molar-refractivity contribution in [3.63, 3.8) is 0 Å². The SMILES string of the molecule is Cn1cnc(-c2nn(-c3ccc(C(F)(F)F)cc3)c3ccc(NS(C)(=O)=O)cc23)c1. The fraction of sp³-hybridized carbons (Fsp3) is 0.158. The molecule has 156 valence electrons. The largest absolute Gasteiger partial charge is 0.416 e. The molecule has 0 spiro atoms. The van der Waals surface area contributed by atoms with Gasteiger partial charge in [0.05, 0.1) is 29.4 Å². The number of benzene rings is 2. The van der Waals surface area contributed by atoms with Gasteiger partial charge in [-0.3, -0.25) is 4.72 Å². The third-order valence-electron chi connectivity index (χ3n) is 4.37. The van der Waals surface area contributed by atoms with Gasteiger partial charge in [-0.25, -0.2) is 18.1 Å². The number of anilines is 1. The summed E-state index contributed by atoms with van der Waals surface area (Å²) in [5.41, 5.74) is 1.63. The van der Waals surface area contributed by atoms with Gasteiger partial charge in [-0.05, 0) is 42.5 Å². The molecule has 11 heteroatoms. The first-order valence-electron chi connectivity index (χ1n) is 8.68. The Kier molecular flexibility index (Phi) is 4.57. The molecule has 0 bridgehead atoms. The van der Waals surface area contributed by atoms with Gasteiger partial charge in [-0.15, -0.1) is 0 Å². The second-order valence-electron chi connectivity index (χ2n) is 6.84. The van der Waals surface area contributed by atoms with Crippen molar-refractivity contribution < 1.29 is 21.6 Å². The molecule has 1 N–H and O–H groups in total. The Morgan fingerprint density at radius 3 is 2.33 bits per heavy atom. The molecule has 4 aromatic rings. The summed E-state index contributed by atoms with van der Waals surface area (Å²) in [6.07, 6.45) is -0.0506. The third-order valence-corrected chi connectivity index (χ3v) is 4.98. The van der Waals surface area contributed by atoms with E-state index in [4.69, 9.17) is 0 Å². The molecule has 30 heavy (non-hydrogen) atoms. The summed E-state index contributed by atoms with van der Waals surface area (Å²) in [5, 5.41) is 5.15. The molecule has 0 radical (unpaired) electrons. The van der Waals surface area contributed by atoms with Gasteiger partial charge in [0, 0.05) is 24.3 Å². The van der Waals surface area contributed by atoms with Crippen LogP contribution in [0.5, 0.6) is 0 Å². The van der Waals surface area contributed by atoms with Gasteiger partial charge >= 0.3 is 6.18 Å². The summed E-state index contributed by atoms with van der Waals surface area (Å²) in [6.45, 7) is 0. The van der Waals surface area contributed by atoms with Crippen LogP contribution in [0, 0.1) is 0 Å². The number of halogens is 3. The zero-order valence-electron chi connectivity index (χ0n) is 15.8. The van der Waals surface area contributed by atoms with Crippen molar-refractivity contribution in [3.8, 4) is 17.1 Å². The molecule has 0 aliphatic heterocycles. The molecule has 2 aromatic carbocycles. The fourth-order valence-corrected chi connectivity index (χ4v) is 3.66. The second-order valence-corrected chi connectivity index (χ2v) is 8.58. The summed E-state index contributed by atoms with van der Waals surface area (Å²) < 4.78 is 67.5. The van der Waals surface area contributed by atoms with E-state index in [9.17, 15) is 21.6 Å². The Hall–Kier alpha value is -3.34. The van der Waals surface area contributed by atoms with Crippen molar-refractivity contribution in [3.05, 3.63) is 60.6 Å². The number of fused-ring (bicyclic) bond motifs is 1. The molecule has 7 nitrogen and oxygen atoms in total. The Morgan fingerprint density at radius 2 is 1.77 bits per heavy atom. The Bertz CT molecular complexity index is 1340. The van der Waals surface area contributed by atoms with Crippen LogP contribution in [-0.2, 0) is 23.2 Å². The van der Waals surface area contributed by atoms with Gasteiger partial charge < -0.3 is 4.57 Å². The summed E-state index contributed by atoms with van der Waals surface area (Å²) in [6, 6.07) is 9.48. The van der Waals surface area contributed by atoms with Crippen LogP contribution in [0.4, 0.5) is 18.9 Å². The molecule has 0 saturated heterocycles. The molecule has 0 unspecified atom stereocenters. The van der Waals surface area contributed by atoms with Crippen LogP contribution in [0.2, 0.25) is 0 Å². The van der Waals surface area contributed by atoms with E-state index in [0.717, 1.165) is 18.4 Å². The predicted molar refractivity (Wildman–Crippen MR) is 107 cm³/mol. The van der Waals surface area contributed by atoms with Crippen molar-refractivity contribution in [1.82, 2.24) is 19.3 Å².